The first kappa shape index (κ1) is 17.4. The molecule has 2 aromatic carbocycles. The highest BCUT2D eigenvalue weighted by atomic mass is 35.5. The summed E-state index contributed by atoms with van der Waals surface area (Å²) in [6, 6.07) is 17.3. The Labute approximate surface area is 155 Å². The zero-order chi connectivity index (χ0) is 18.5. The van der Waals surface area contributed by atoms with Crippen LogP contribution in [0, 0.1) is 18.3 Å². The summed E-state index contributed by atoms with van der Waals surface area (Å²) in [5.41, 5.74) is 2.14. The van der Waals surface area contributed by atoms with Crippen molar-refractivity contribution in [1.29, 1.82) is 5.26 Å². The molecule has 1 heterocycles. The van der Waals surface area contributed by atoms with Gasteiger partial charge in [0, 0.05) is 22.5 Å². The van der Waals surface area contributed by atoms with Crippen LogP contribution in [0.5, 0.6) is 0 Å². The van der Waals surface area contributed by atoms with Crippen LogP contribution < -0.4 is 10.6 Å². The summed E-state index contributed by atoms with van der Waals surface area (Å²) in [6.45, 7) is 1.71. The van der Waals surface area contributed by atoms with Gasteiger partial charge in [0.25, 0.3) is 5.91 Å². The molecule has 0 aliphatic carbocycles. The van der Waals surface area contributed by atoms with Gasteiger partial charge < -0.3 is 10.6 Å². The Kier molecular flexibility index (Phi) is 5.11. The van der Waals surface area contributed by atoms with Crippen LogP contribution in [0.1, 0.15) is 21.9 Å². The molecule has 1 aromatic heterocycles. The van der Waals surface area contributed by atoms with Crippen molar-refractivity contribution in [2.75, 3.05) is 10.6 Å². The molecule has 7 heteroatoms. The van der Waals surface area contributed by atoms with Crippen molar-refractivity contribution in [2.24, 2.45) is 0 Å². The topological polar surface area (TPSA) is 90.7 Å². The standard InChI is InChI=1S/C19H14ClN5O/c1-12-22-17(19(26)25-16-6-2-13(11-21)3-7-16)10-18(23-12)24-15-8-4-14(20)5-9-15/h2-10H,1H3,(H,25,26)(H,22,23,24). The van der Waals surface area contributed by atoms with E-state index in [1.54, 1.807) is 49.4 Å². The van der Waals surface area contributed by atoms with Gasteiger partial charge in [0.2, 0.25) is 0 Å². The van der Waals surface area contributed by atoms with Crippen molar-refractivity contribution < 1.29 is 4.79 Å². The number of aryl methyl sites for hydroxylation is 1. The smallest absolute Gasteiger partial charge is 0.274 e. The van der Waals surface area contributed by atoms with Crippen LogP contribution >= 0.6 is 11.6 Å². The second-order valence-electron chi connectivity index (χ2n) is 5.46. The molecule has 0 saturated heterocycles. The molecule has 0 unspecified atom stereocenters. The third kappa shape index (κ3) is 4.35. The molecule has 0 bridgehead atoms. The fourth-order valence-corrected chi connectivity index (χ4v) is 2.38. The number of anilines is 3. The van der Waals surface area contributed by atoms with Crippen LogP contribution in [0.25, 0.3) is 0 Å². The monoisotopic (exact) mass is 363 g/mol. The second-order valence-corrected chi connectivity index (χ2v) is 5.90. The van der Waals surface area contributed by atoms with Crippen molar-refractivity contribution in [2.45, 2.75) is 6.92 Å². The fourth-order valence-electron chi connectivity index (χ4n) is 2.25. The largest absolute Gasteiger partial charge is 0.340 e. The highest BCUT2D eigenvalue weighted by molar-refractivity contribution is 6.30. The number of amides is 1. The second kappa shape index (κ2) is 7.64. The quantitative estimate of drug-likeness (QED) is 0.720. The number of nitrogens with zero attached hydrogens (tertiary/aromatic N) is 3. The maximum atomic E-state index is 12.5. The summed E-state index contributed by atoms with van der Waals surface area (Å²) in [7, 11) is 0. The van der Waals surface area contributed by atoms with Crippen LogP contribution in [0.3, 0.4) is 0 Å². The number of hydrogen-bond donors (Lipinski definition) is 2. The lowest BCUT2D eigenvalue weighted by Crippen LogP contribution is -2.15. The maximum absolute atomic E-state index is 12.5. The predicted molar refractivity (Wildman–Crippen MR) is 101 cm³/mol. The van der Waals surface area contributed by atoms with Crippen LogP contribution in [-0.4, -0.2) is 15.9 Å². The third-order valence-electron chi connectivity index (χ3n) is 3.46. The Morgan fingerprint density at radius 2 is 1.69 bits per heavy atom. The van der Waals surface area contributed by atoms with Gasteiger partial charge in [-0.2, -0.15) is 5.26 Å². The fraction of sp³-hybridized carbons (Fsp3) is 0.0526. The van der Waals surface area contributed by atoms with Gasteiger partial charge in [-0.3, -0.25) is 4.79 Å². The van der Waals surface area contributed by atoms with Crippen LogP contribution in [0.15, 0.2) is 54.6 Å². The molecule has 0 aliphatic heterocycles. The minimum atomic E-state index is -0.362. The van der Waals surface area contributed by atoms with Crippen molar-refractivity contribution in [3.63, 3.8) is 0 Å². The summed E-state index contributed by atoms with van der Waals surface area (Å²) in [5.74, 6) is 0.609. The maximum Gasteiger partial charge on any atom is 0.274 e. The Morgan fingerprint density at radius 1 is 1.04 bits per heavy atom. The third-order valence-corrected chi connectivity index (χ3v) is 3.71. The zero-order valence-corrected chi connectivity index (χ0v) is 14.6. The molecule has 0 spiro atoms. The van der Waals surface area contributed by atoms with Gasteiger partial charge in [-0.1, -0.05) is 11.6 Å². The van der Waals surface area contributed by atoms with E-state index < -0.39 is 0 Å². The lowest BCUT2D eigenvalue weighted by atomic mass is 10.2. The average Bonchev–Trinajstić information content (AvgIpc) is 2.64. The van der Waals surface area contributed by atoms with Crippen LogP contribution in [0.2, 0.25) is 5.02 Å². The highest BCUT2D eigenvalue weighted by Gasteiger charge is 2.11. The minimum Gasteiger partial charge on any atom is -0.340 e. The Bertz CT molecular complexity index is 978. The van der Waals surface area contributed by atoms with Gasteiger partial charge in [-0.25, -0.2) is 9.97 Å². The van der Waals surface area contributed by atoms with E-state index in [4.69, 9.17) is 16.9 Å². The number of aromatic nitrogens is 2. The lowest BCUT2D eigenvalue weighted by molar-refractivity contribution is 0.102. The summed E-state index contributed by atoms with van der Waals surface area (Å²) in [4.78, 5) is 20.9. The summed E-state index contributed by atoms with van der Waals surface area (Å²) in [5, 5.41) is 15.3. The normalized spacial score (nSPS) is 10.0. The van der Waals surface area contributed by atoms with Gasteiger partial charge in [0.15, 0.2) is 0 Å². The van der Waals surface area contributed by atoms with Gasteiger partial charge in [-0.05, 0) is 55.5 Å². The number of halogens is 1. The zero-order valence-electron chi connectivity index (χ0n) is 13.8. The van der Waals surface area contributed by atoms with Crippen molar-refractivity contribution in [3.05, 3.63) is 76.7 Å². The minimum absolute atomic E-state index is 0.235. The molecule has 3 rings (SSSR count). The Hall–Kier alpha value is -3.43. The van der Waals surface area contributed by atoms with Crippen molar-refractivity contribution >= 4 is 34.7 Å². The van der Waals surface area contributed by atoms with Gasteiger partial charge >= 0.3 is 0 Å². The van der Waals surface area contributed by atoms with E-state index in [1.165, 1.54) is 0 Å². The van der Waals surface area contributed by atoms with Crippen molar-refractivity contribution in [1.82, 2.24) is 9.97 Å². The van der Waals surface area contributed by atoms with Crippen molar-refractivity contribution in [3.8, 4) is 6.07 Å². The predicted octanol–water partition coefficient (Wildman–Crippen LogP) is 4.31. The van der Waals surface area contributed by atoms with E-state index in [1.807, 2.05) is 18.2 Å². The molecule has 6 nitrogen and oxygen atoms in total. The molecule has 0 radical (unpaired) electrons. The number of carbonyl (C=O) groups excluding carboxylic acids is 1. The molecule has 0 saturated carbocycles. The van der Waals surface area contributed by atoms with E-state index in [9.17, 15) is 4.79 Å². The number of benzene rings is 2. The van der Waals surface area contributed by atoms with Gasteiger partial charge in [0.1, 0.15) is 17.3 Å². The molecule has 0 aliphatic rings. The first-order valence-electron chi connectivity index (χ1n) is 7.73. The highest BCUT2D eigenvalue weighted by Crippen LogP contribution is 2.19. The molecular formula is C19H14ClN5O. The number of nitriles is 1. The molecule has 26 heavy (non-hydrogen) atoms. The Balaban J connectivity index is 1.78. The summed E-state index contributed by atoms with van der Waals surface area (Å²) in [6.07, 6.45) is 0. The first-order chi connectivity index (χ1) is 12.5. The summed E-state index contributed by atoms with van der Waals surface area (Å²) >= 11 is 5.88. The number of nitrogens with one attached hydrogen (secondary N) is 2. The van der Waals surface area contributed by atoms with E-state index in [0.717, 1.165) is 5.69 Å². The molecular weight excluding hydrogens is 350 g/mol. The molecule has 3 aromatic rings. The molecule has 0 atom stereocenters. The molecule has 0 fully saturated rings. The van der Waals surface area contributed by atoms with E-state index in [2.05, 4.69) is 20.6 Å². The van der Waals surface area contributed by atoms with Gasteiger partial charge in [-0.15, -0.1) is 0 Å². The number of rotatable bonds is 4. The summed E-state index contributed by atoms with van der Waals surface area (Å²) < 4.78 is 0. The van der Waals surface area contributed by atoms with Crippen LogP contribution in [0.4, 0.5) is 17.2 Å². The molecule has 2 N–H and O–H groups in total. The lowest BCUT2D eigenvalue weighted by Gasteiger charge is -2.09. The Morgan fingerprint density at radius 3 is 2.35 bits per heavy atom. The number of hydrogen-bond acceptors (Lipinski definition) is 5. The van der Waals surface area contributed by atoms with E-state index >= 15 is 0 Å². The molecule has 128 valence electrons. The first-order valence-corrected chi connectivity index (χ1v) is 8.11. The van der Waals surface area contributed by atoms with E-state index in [-0.39, 0.29) is 11.6 Å². The molecule has 1 amide bonds. The van der Waals surface area contributed by atoms with Crippen LogP contribution in [-0.2, 0) is 0 Å². The SMILES string of the molecule is Cc1nc(Nc2ccc(Cl)cc2)cc(C(=O)Nc2ccc(C#N)cc2)n1. The number of carbonyl (C=O) groups is 1. The average molecular weight is 364 g/mol. The van der Waals surface area contributed by atoms with Gasteiger partial charge in [0.05, 0.1) is 11.6 Å². The van der Waals surface area contributed by atoms with E-state index in [0.29, 0.717) is 27.9 Å².